The summed E-state index contributed by atoms with van der Waals surface area (Å²) in [4.78, 5) is 0. The molecule has 0 heteroatoms. The van der Waals surface area contributed by atoms with E-state index in [0.717, 1.165) is 35.5 Å². The minimum absolute atomic E-state index is 1.03. The highest BCUT2D eigenvalue weighted by molar-refractivity contribution is 5.54. The maximum atomic E-state index is 2.42. The highest BCUT2D eigenvalue weighted by Crippen LogP contribution is 2.70. The molecular formula is C14H16. The minimum Gasteiger partial charge on any atom is -0.0582 e. The summed E-state index contributed by atoms with van der Waals surface area (Å²) in [6, 6.07) is 0. The monoisotopic (exact) mass is 184 g/mol. The van der Waals surface area contributed by atoms with Crippen molar-refractivity contribution in [3.8, 4) is 0 Å². The van der Waals surface area contributed by atoms with Gasteiger partial charge in [-0.1, -0.05) is 12.2 Å². The summed E-state index contributed by atoms with van der Waals surface area (Å²) in [6.45, 7) is 0. The van der Waals surface area contributed by atoms with E-state index in [1.807, 2.05) is 0 Å². The van der Waals surface area contributed by atoms with E-state index in [0.29, 0.717) is 0 Å². The highest BCUT2D eigenvalue weighted by atomic mass is 14.7. The van der Waals surface area contributed by atoms with Crippen molar-refractivity contribution in [2.45, 2.75) is 25.7 Å². The topological polar surface area (TPSA) is 0 Å². The third-order valence-electron chi connectivity index (χ3n) is 6.06. The van der Waals surface area contributed by atoms with Gasteiger partial charge in [0.05, 0.1) is 0 Å². The van der Waals surface area contributed by atoms with Gasteiger partial charge in [-0.05, 0) is 72.3 Å². The molecule has 0 spiro atoms. The lowest BCUT2D eigenvalue weighted by atomic mass is 9.66. The molecule has 0 N–H and O–H groups in total. The molecule has 0 heterocycles. The summed E-state index contributed by atoms with van der Waals surface area (Å²) in [5.74, 6) is 6.62. The van der Waals surface area contributed by atoms with Crippen molar-refractivity contribution in [2.24, 2.45) is 35.5 Å². The molecule has 72 valence electrons. The van der Waals surface area contributed by atoms with Crippen molar-refractivity contribution < 1.29 is 0 Å². The van der Waals surface area contributed by atoms with E-state index in [1.54, 1.807) is 36.8 Å². The van der Waals surface area contributed by atoms with Crippen LogP contribution < -0.4 is 0 Å². The zero-order chi connectivity index (χ0) is 8.86. The summed E-state index contributed by atoms with van der Waals surface area (Å²) in [5.41, 5.74) is 3.59. The van der Waals surface area contributed by atoms with Gasteiger partial charge in [-0.15, -0.1) is 0 Å². The van der Waals surface area contributed by atoms with Gasteiger partial charge >= 0.3 is 0 Å². The molecule has 0 radical (unpaired) electrons. The smallest absolute Gasteiger partial charge is 0.0119 e. The van der Waals surface area contributed by atoms with Crippen LogP contribution in [-0.2, 0) is 0 Å². The van der Waals surface area contributed by atoms with Gasteiger partial charge in [-0.3, -0.25) is 0 Å². The molecule has 4 bridgehead atoms. The van der Waals surface area contributed by atoms with Crippen molar-refractivity contribution in [1.29, 1.82) is 0 Å². The molecule has 0 saturated heterocycles. The molecule has 3 saturated carbocycles. The first kappa shape index (κ1) is 6.87. The molecular weight excluding hydrogens is 168 g/mol. The summed E-state index contributed by atoms with van der Waals surface area (Å²) < 4.78 is 0. The van der Waals surface area contributed by atoms with E-state index in [2.05, 4.69) is 12.2 Å². The summed E-state index contributed by atoms with van der Waals surface area (Å²) in [7, 11) is 0. The molecule has 6 unspecified atom stereocenters. The predicted molar refractivity (Wildman–Crippen MR) is 55.6 cm³/mol. The molecule has 0 amide bonds. The first-order chi connectivity index (χ1) is 6.93. The van der Waals surface area contributed by atoms with Crippen LogP contribution in [0.25, 0.3) is 0 Å². The van der Waals surface area contributed by atoms with Gasteiger partial charge in [0.15, 0.2) is 0 Å². The molecule has 0 aromatic rings. The van der Waals surface area contributed by atoms with Crippen LogP contribution in [0.5, 0.6) is 0 Å². The van der Waals surface area contributed by atoms with Crippen LogP contribution in [0.1, 0.15) is 25.7 Å². The van der Waals surface area contributed by atoms with E-state index in [9.17, 15) is 0 Å². The Kier molecular flexibility index (Phi) is 0.929. The standard InChI is InChI=1S/C14H16/c1-2-8-5-7(1)13-11-6-12(14(8)13)10-4-3-9(10)11/h3-4,7-8,11-14H,1-2,5-6H2. The fourth-order valence-electron chi connectivity index (χ4n) is 5.78. The summed E-state index contributed by atoms with van der Waals surface area (Å²) in [5, 5.41) is 0. The van der Waals surface area contributed by atoms with Gasteiger partial charge in [0.1, 0.15) is 0 Å². The Bertz CT molecular complexity index is 353. The third-order valence-corrected chi connectivity index (χ3v) is 6.06. The van der Waals surface area contributed by atoms with E-state index < -0.39 is 0 Å². The zero-order valence-electron chi connectivity index (χ0n) is 8.45. The molecule has 0 nitrogen and oxygen atoms in total. The Labute approximate surface area is 85.1 Å². The predicted octanol–water partition coefficient (Wildman–Crippen LogP) is 3.16. The SMILES string of the molecule is C1=CC2=C1C1CC2C2C3CCC(C3)C12. The van der Waals surface area contributed by atoms with Crippen molar-refractivity contribution in [3.05, 3.63) is 23.3 Å². The van der Waals surface area contributed by atoms with E-state index in [4.69, 9.17) is 0 Å². The van der Waals surface area contributed by atoms with Crippen molar-refractivity contribution in [3.63, 3.8) is 0 Å². The van der Waals surface area contributed by atoms with Crippen molar-refractivity contribution in [2.75, 3.05) is 0 Å². The van der Waals surface area contributed by atoms with E-state index in [-0.39, 0.29) is 0 Å². The second-order valence-corrected chi connectivity index (χ2v) is 6.18. The minimum atomic E-state index is 1.03. The van der Waals surface area contributed by atoms with Gasteiger partial charge in [-0.2, -0.15) is 0 Å². The van der Waals surface area contributed by atoms with E-state index >= 15 is 0 Å². The second-order valence-electron chi connectivity index (χ2n) is 6.18. The maximum Gasteiger partial charge on any atom is -0.0119 e. The average molecular weight is 184 g/mol. The molecule has 5 aliphatic carbocycles. The summed E-state index contributed by atoms with van der Waals surface area (Å²) >= 11 is 0. The fourth-order valence-corrected chi connectivity index (χ4v) is 5.78. The van der Waals surface area contributed by atoms with Crippen molar-refractivity contribution >= 4 is 0 Å². The van der Waals surface area contributed by atoms with Gasteiger partial charge < -0.3 is 0 Å². The van der Waals surface area contributed by atoms with E-state index in [1.165, 1.54) is 0 Å². The number of hydrogen-bond acceptors (Lipinski definition) is 0. The normalized spacial score (nSPS) is 60.6. The Morgan fingerprint density at radius 1 is 0.786 bits per heavy atom. The Hall–Kier alpha value is -0.520. The lowest BCUT2D eigenvalue weighted by molar-refractivity contribution is 0.196. The number of hydrogen-bond donors (Lipinski definition) is 0. The molecule has 0 aliphatic heterocycles. The Morgan fingerprint density at radius 3 is 1.86 bits per heavy atom. The number of fused-ring (bicyclic) bond motifs is 11. The molecule has 5 aliphatic rings. The molecule has 0 aromatic carbocycles. The van der Waals surface area contributed by atoms with Gasteiger partial charge in [-0.25, -0.2) is 0 Å². The number of allylic oxidation sites excluding steroid dienone is 4. The van der Waals surface area contributed by atoms with Crippen LogP contribution in [-0.4, -0.2) is 0 Å². The van der Waals surface area contributed by atoms with Crippen LogP contribution in [0.3, 0.4) is 0 Å². The Morgan fingerprint density at radius 2 is 1.36 bits per heavy atom. The van der Waals surface area contributed by atoms with Crippen LogP contribution in [0.4, 0.5) is 0 Å². The largest absolute Gasteiger partial charge is 0.0582 e. The Balaban J connectivity index is 1.68. The number of rotatable bonds is 0. The van der Waals surface area contributed by atoms with Gasteiger partial charge in [0, 0.05) is 0 Å². The second kappa shape index (κ2) is 1.89. The molecule has 5 rings (SSSR count). The highest BCUT2D eigenvalue weighted by Gasteiger charge is 2.62. The van der Waals surface area contributed by atoms with Crippen LogP contribution >= 0.6 is 0 Å². The first-order valence-electron chi connectivity index (χ1n) is 6.35. The average Bonchev–Trinajstić information content (AvgIpc) is 2.76. The lowest BCUT2D eigenvalue weighted by Gasteiger charge is -2.38. The fraction of sp³-hybridized carbons (Fsp3) is 0.714. The zero-order valence-corrected chi connectivity index (χ0v) is 8.45. The maximum absolute atomic E-state index is 2.42. The molecule has 14 heavy (non-hydrogen) atoms. The molecule has 6 atom stereocenters. The van der Waals surface area contributed by atoms with Crippen LogP contribution in [0.15, 0.2) is 23.3 Å². The molecule has 0 aromatic heterocycles. The van der Waals surface area contributed by atoms with Gasteiger partial charge in [0.25, 0.3) is 0 Å². The summed E-state index contributed by atoms with van der Waals surface area (Å²) in [6.07, 6.45) is 11.1. The lowest BCUT2D eigenvalue weighted by Crippen LogP contribution is -2.30. The van der Waals surface area contributed by atoms with Crippen molar-refractivity contribution in [1.82, 2.24) is 0 Å². The first-order valence-corrected chi connectivity index (χ1v) is 6.35. The van der Waals surface area contributed by atoms with Crippen LogP contribution in [0, 0.1) is 35.5 Å². The molecule has 3 fully saturated rings. The van der Waals surface area contributed by atoms with Crippen LogP contribution in [0.2, 0.25) is 0 Å². The third kappa shape index (κ3) is 0.515. The quantitative estimate of drug-likeness (QED) is 0.507. The van der Waals surface area contributed by atoms with Gasteiger partial charge in [0.2, 0.25) is 0 Å².